The summed E-state index contributed by atoms with van der Waals surface area (Å²) in [7, 11) is 0. The van der Waals surface area contributed by atoms with E-state index in [4.69, 9.17) is 5.73 Å². The topological polar surface area (TPSA) is 75.4 Å². The summed E-state index contributed by atoms with van der Waals surface area (Å²) in [5.74, 6) is -0.805. The SMILES string of the molecule is CCC(C)C1C(=O)Nc2cc(F)ccc2CN1C(N)=O. The van der Waals surface area contributed by atoms with E-state index in [1.807, 2.05) is 13.8 Å². The van der Waals surface area contributed by atoms with Gasteiger partial charge in [0.2, 0.25) is 5.91 Å². The van der Waals surface area contributed by atoms with Crippen LogP contribution in [0.5, 0.6) is 0 Å². The van der Waals surface area contributed by atoms with Crippen LogP contribution in [0, 0.1) is 11.7 Å². The molecule has 2 unspecified atom stereocenters. The van der Waals surface area contributed by atoms with E-state index in [-0.39, 0.29) is 18.4 Å². The number of rotatable bonds is 2. The average molecular weight is 279 g/mol. The summed E-state index contributed by atoms with van der Waals surface area (Å²) in [6.07, 6.45) is 0.729. The zero-order chi connectivity index (χ0) is 14.9. The third kappa shape index (κ3) is 2.59. The summed E-state index contributed by atoms with van der Waals surface area (Å²) >= 11 is 0. The second-order valence-electron chi connectivity index (χ2n) is 5.09. The van der Waals surface area contributed by atoms with Crippen molar-refractivity contribution in [2.75, 3.05) is 5.32 Å². The van der Waals surface area contributed by atoms with Crippen LogP contribution in [0.2, 0.25) is 0 Å². The summed E-state index contributed by atoms with van der Waals surface area (Å²) in [6.45, 7) is 4.02. The first-order valence-corrected chi connectivity index (χ1v) is 6.59. The standard InChI is InChI=1S/C14H18FN3O2/c1-3-8(2)12-13(19)17-11-6-10(15)5-4-9(11)7-18(12)14(16)20/h4-6,8,12H,3,7H2,1-2H3,(H2,16,20)(H,17,19). The first kappa shape index (κ1) is 14.3. The highest BCUT2D eigenvalue weighted by Crippen LogP contribution is 2.27. The van der Waals surface area contributed by atoms with Gasteiger partial charge < -0.3 is 16.0 Å². The molecule has 6 heteroatoms. The average Bonchev–Trinajstić information content (AvgIpc) is 2.53. The number of hydrogen-bond acceptors (Lipinski definition) is 2. The normalized spacial score (nSPS) is 19.9. The van der Waals surface area contributed by atoms with E-state index in [1.54, 1.807) is 6.07 Å². The Labute approximate surface area is 116 Å². The van der Waals surface area contributed by atoms with Crippen molar-refractivity contribution in [2.24, 2.45) is 11.7 Å². The highest BCUT2D eigenvalue weighted by molar-refractivity contribution is 5.98. The minimum Gasteiger partial charge on any atom is -0.351 e. The second kappa shape index (κ2) is 5.48. The number of halogens is 1. The lowest BCUT2D eigenvalue weighted by Gasteiger charge is -2.30. The number of carbonyl (C=O) groups excluding carboxylic acids is 2. The monoisotopic (exact) mass is 279 g/mol. The van der Waals surface area contributed by atoms with Crippen molar-refractivity contribution < 1.29 is 14.0 Å². The van der Waals surface area contributed by atoms with Gasteiger partial charge in [0.15, 0.2) is 0 Å². The van der Waals surface area contributed by atoms with Crippen molar-refractivity contribution in [1.82, 2.24) is 4.90 Å². The molecule has 20 heavy (non-hydrogen) atoms. The molecule has 108 valence electrons. The van der Waals surface area contributed by atoms with Crippen molar-refractivity contribution in [1.29, 1.82) is 0 Å². The number of carbonyl (C=O) groups is 2. The molecule has 0 fully saturated rings. The summed E-state index contributed by atoms with van der Waals surface area (Å²) in [5, 5.41) is 2.68. The highest BCUT2D eigenvalue weighted by atomic mass is 19.1. The Morgan fingerprint density at radius 3 is 2.90 bits per heavy atom. The molecule has 1 aliphatic heterocycles. The summed E-state index contributed by atoms with van der Waals surface area (Å²) in [4.78, 5) is 25.3. The van der Waals surface area contributed by atoms with E-state index < -0.39 is 17.9 Å². The van der Waals surface area contributed by atoms with Crippen LogP contribution in [0.15, 0.2) is 18.2 Å². The van der Waals surface area contributed by atoms with Gasteiger partial charge in [-0.25, -0.2) is 9.18 Å². The van der Waals surface area contributed by atoms with Crippen LogP contribution in [-0.4, -0.2) is 22.9 Å². The maximum atomic E-state index is 13.3. The van der Waals surface area contributed by atoms with Gasteiger partial charge in [0.1, 0.15) is 11.9 Å². The molecule has 5 nitrogen and oxygen atoms in total. The molecule has 0 bridgehead atoms. The third-order valence-corrected chi connectivity index (χ3v) is 3.74. The summed E-state index contributed by atoms with van der Waals surface area (Å²) in [6, 6.07) is 2.81. The van der Waals surface area contributed by atoms with Crippen LogP contribution >= 0.6 is 0 Å². The quantitative estimate of drug-likeness (QED) is 0.869. The van der Waals surface area contributed by atoms with E-state index in [9.17, 15) is 14.0 Å². The molecule has 1 aliphatic rings. The Morgan fingerprint density at radius 2 is 2.30 bits per heavy atom. The van der Waals surface area contributed by atoms with Gasteiger partial charge >= 0.3 is 6.03 Å². The number of amides is 3. The molecule has 1 aromatic carbocycles. The Bertz CT molecular complexity index is 547. The minimum absolute atomic E-state index is 0.0401. The molecular formula is C14H18FN3O2. The van der Waals surface area contributed by atoms with Gasteiger partial charge in [0.25, 0.3) is 0 Å². The van der Waals surface area contributed by atoms with Gasteiger partial charge in [-0.1, -0.05) is 26.3 Å². The van der Waals surface area contributed by atoms with Crippen LogP contribution in [0.4, 0.5) is 14.9 Å². The fourth-order valence-electron chi connectivity index (χ4n) is 2.44. The smallest absolute Gasteiger partial charge is 0.315 e. The second-order valence-corrected chi connectivity index (χ2v) is 5.09. The lowest BCUT2D eigenvalue weighted by atomic mass is 9.97. The fourth-order valence-corrected chi connectivity index (χ4v) is 2.44. The van der Waals surface area contributed by atoms with Gasteiger partial charge in [-0.3, -0.25) is 4.79 Å². The Hall–Kier alpha value is -2.11. The van der Waals surface area contributed by atoms with E-state index in [1.165, 1.54) is 17.0 Å². The zero-order valence-electron chi connectivity index (χ0n) is 11.5. The van der Waals surface area contributed by atoms with Gasteiger partial charge in [0.05, 0.1) is 6.54 Å². The molecule has 0 saturated carbocycles. The Morgan fingerprint density at radius 1 is 1.60 bits per heavy atom. The number of anilines is 1. The summed E-state index contributed by atoms with van der Waals surface area (Å²) in [5.41, 5.74) is 6.47. The first-order chi connectivity index (χ1) is 9.43. The number of primary amides is 1. The zero-order valence-corrected chi connectivity index (χ0v) is 11.5. The minimum atomic E-state index is -0.650. The molecule has 2 rings (SSSR count). The lowest BCUT2D eigenvalue weighted by Crippen LogP contribution is -2.50. The predicted octanol–water partition coefficient (Wildman–Crippen LogP) is 2.07. The van der Waals surface area contributed by atoms with E-state index in [0.717, 1.165) is 6.42 Å². The highest BCUT2D eigenvalue weighted by Gasteiger charge is 2.35. The molecule has 0 spiro atoms. The van der Waals surface area contributed by atoms with Crippen LogP contribution in [-0.2, 0) is 11.3 Å². The van der Waals surface area contributed by atoms with Gasteiger partial charge in [-0.15, -0.1) is 0 Å². The number of urea groups is 1. The van der Waals surface area contributed by atoms with Crippen LogP contribution < -0.4 is 11.1 Å². The van der Waals surface area contributed by atoms with E-state index >= 15 is 0 Å². The maximum absolute atomic E-state index is 13.3. The van der Waals surface area contributed by atoms with Crippen molar-refractivity contribution in [3.8, 4) is 0 Å². The van der Waals surface area contributed by atoms with Crippen molar-refractivity contribution in [3.63, 3.8) is 0 Å². The molecule has 1 heterocycles. The molecular weight excluding hydrogens is 261 g/mol. The van der Waals surface area contributed by atoms with Crippen molar-refractivity contribution in [2.45, 2.75) is 32.9 Å². The van der Waals surface area contributed by atoms with E-state index in [2.05, 4.69) is 5.32 Å². The third-order valence-electron chi connectivity index (χ3n) is 3.74. The van der Waals surface area contributed by atoms with Crippen LogP contribution in [0.1, 0.15) is 25.8 Å². The number of fused-ring (bicyclic) bond motifs is 1. The molecule has 3 N–H and O–H groups in total. The molecule has 0 radical (unpaired) electrons. The number of nitrogens with one attached hydrogen (secondary N) is 1. The molecule has 2 atom stereocenters. The van der Waals surface area contributed by atoms with E-state index in [0.29, 0.717) is 11.3 Å². The first-order valence-electron chi connectivity index (χ1n) is 6.59. The molecule has 3 amide bonds. The number of nitrogens with two attached hydrogens (primary N) is 1. The molecule has 1 aromatic rings. The van der Waals surface area contributed by atoms with Crippen molar-refractivity contribution >= 4 is 17.6 Å². The lowest BCUT2D eigenvalue weighted by molar-refractivity contribution is -0.121. The Kier molecular flexibility index (Phi) is 3.92. The molecule has 0 aliphatic carbocycles. The Balaban J connectivity index is 2.45. The number of benzene rings is 1. The predicted molar refractivity (Wildman–Crippen MR) is 73.4 cm³/mol. The van der Waals surface area contributed by atoms with Crippen LogP contribution in [0.3, 0.4) is 0 Å². The van der Waals surface area contributed by atoms with Crippen molar-refractivity contribution in [3.05, 3.63) is 29.6 Å². The van der Waals surface area contributed by atoms with Crippen LogP contribution in [0.25, 0.3) is 0 Å². The molecule has 0 aromatic heterocycles. The summed E-state index contributed by atoms with van der Waals surface area (Å²) < 4.78 is 13.3. The van der Waals surface area contributed by atoms with Gasteiger partial charge in [-0.2, -0.15) is 0 Å². The van der Waals surface area contributed by atoms with Gasteiger partial charge in [0, 0.05) is 5.69 Å². The number of hydrogen-bond donors (Lipinski definition) is 2. The largest absolute Gasteiger partial charge is 0.351 e. The van der Waals surface area contributed by atoms with Gasteiger partial charge in [-0.05, 0) is 23.6 Å². The number of nitrogens with zero attached hydrogens (tertiary/aromatic N) is 1. The fraction of sp³-hybridized carbons (Fsp3) is 0.429. The maximum Gasteiger partial charge on any atom is 0.315 e. The molecule has 0 saturated heterocycles.